The highest BCUT2D eigenvalue weighted by atomic mass is 16.5. The fraction of sp³-hybridized carbons (Fsp3) is 0.350. The van der Waals surface area contributed by atoms with E-state index in [1.807, 2.05) is 50.2 Å². The number of aromatic nitrogens is 3. The standard InChI is InChI=1S/C20H21N3O3/c1-20(2)10-16-14(12-26-20)9-15-17(21-16)22(3)19(25)23(18(15)24)11-13-7-5-4-6-8-13/h4-9H,10-12H2,1-3H3. The first-order chi connectivity index (χ1) is 12.4. The third kappa shape index (κ3) is 2.76. The average Bonchev–Trinajstić information content (AvgIpc) is 2.62. The number of ether oxygens (including phenoxy) is 1. The maximum absolute atomic E-state index is 13.0. The lowest BCUT2D eigenvalue weighted by molar-refractivity contribution is -0.0411. The van der Waals surface area contributed by atoms with Crippen LogP contribution in [0, 0.1) is 0 Å². The van der Waals surface area contributed by atoms with Crippen LogP contribution in [0.3, 0.4) is 0 Å². The van der Waals surface area contributed by atoms with Crippen molar-refractivity contribution in [3.8, 4) is 0 Å². The van der Waals surface area contributed by atoms with Gasteiger partial charge in [-0.25, -0.2) is 9.78 Å². The first-order valence-corrected chi connectivity index (χ1v) is 8.66. The largest absolute Gasteiger partial charge is 0.370 e. The SMILES string of the molecule is Cn1c(=O)n(Cc2ccccc2)c(=O)c2cc3c(nc21)CC(C)(C)OC3. The second-order valence-electron chi connectivity index (χ2n) is 7.41. The molecule has 0 atom stereocenters. The molecule has 3 aromatic rings. The summed E-state index contributed by atoms with van der Waals surface area (Å²) in [5, 5.41) is 0.449. The smallest absolute Gasteiger partial charge is 0.332 e. The van der Waals surface area contributed by atoms with E-state index in [1.165, 1.54) is 9.13 Å². The molecule has 134 valence electrons. The summed E-state index contributed by atoms with van der Waals surface area (Å²) in [5.41, 5.74) is 2.18. The third-order valence-corrected chi connectivity index (χ3v) is 4.88. The van der Waals surface area contributed by atoms with Crippen molar-refractivity contribution in [1.29, 1.82) is 0 Å². The van der Waals surface area contributed by atoms with Gasteiger partial charge in [-0.15, -0.1) is 0 Å². The zero-order chi connectivity index (χ0) is 18.5. The Balaban J connectivity index is 1.92. The van der Waals surface area contributed by atoms with Crippen LogP contribution in [-0.4, -0.2) is 19.7 Å². The van der Waals surface area contributed by atoms with Crippen molar-refractivity contribution >= 4 is 11.0 Å². The van der Waals surface area contributed by atoms with Crippen molar-refractivity contribution in [1.82, 2.24) is 14.1 Å². The van der Waals surface area contributed by atoms with Crippen LogP contribution in [0.1, 0.15) is 30.7 Å². The molecule has 0 N–H and O–H groups in total. The van der Waals surface area contributed by atoms with Gasteiger partial charge in [0.2, 0.25) is 0 Å². The van der Waals surface area contributed by atoms with Crippen molar-refractivity contribution in [3.05, 3.63) is 74.1 Å². The summed E-state index contributed by atoms with van der Waals surface area (Å²) in [7, 11) is 1.66. The second-order valence-corrected chi connectivity index (χ2v) is 7.41. The van der Waals surface area contributed by atoms with Crippen LogP contribution < -0.4 is 11.2 Å². The summed E-state index contributed by atoms with van der Waals surface area (Å²) in [4.78, 5) is 30.4. The molecule has 0 amide bonds. The first-order valence-electron chi connectivity index (χ1n) is 8.66. The number of rotatable bonds is 2. The van der Waals surface area contributed by atoms with Crippen molar-refractivity contribution in [2.24, 2.45) is 7.05 Å². The summed E-state index contributed by atoms with van der Waals surface area (Å²) >= 11 is 0. The number of pyridine rings is 1. The molecule has 0 aliphatic carbocycles. The Kier molecular flexibility index (Phi) is 3.80. The Morgan fingerprint density at radius 1 is 1.19 bits per heavy atom. The molecule has 1 aliphatic heterocycles. The summed E-state index contributed by atoms with van der Waals surface area (Å²) in [6, 6.07) is 11.3. The molecule has 0 unspecified atom stereocenters. The van der Waals surface area contributed by atoms with Crippen LogP contribution in [0.5, 0.6) is 0 Å². The molecule has 3 heterocycles. The zero-order valence-corrected chi connectivity index (χ0v) is 15.2. The Labute approximate surface area is 150 Å². The minimum Gasteiger partial charge on any atom is -0.370 e. The number of hydrogen-bond donors (Lipinski definition) is 0. The van der Waals surface area contributed by atoms with Gasteiger partial charge in [0, 0.05) is 19.0 Å². The number of fused-ring (bicyclic) bond motifs is 2. The lowest BCUT2D eigenvalue weighted by Crippen LogP contribution is -2.40. The van der Waals surface area contributed by atoms with Gasteiger partial charge in [-0.2, -0.15) is 0 Å². The number of benzene rings is 1. The normalized spacial score (nSPS) is 15.8. The van der Waals surface area contributed by atoms with Gasteiger partial charge in [0.25, 0.3) is 5.56 Å². The van der Waals surface area contributed by atoms with Crippen molar-refractivity contribution in [3.63, 3.8) is 0 Å². The van der Waals surface area contributed by atoms with Gasteiger partial charge in [0.05, 0.1) is 29.8 Å². The molecule has 2 aromatic heterocycles. The second kappa shape index (κ2) is 5.92. The molecule has 1 aromatic carbocycles. The van der Waals surface area contributed by atoms with E-state index >= 15 is 0 Å². The van der Waals surface area contributed by atoms with E-state index < -0.39 is 0 Å². The molecule has 0 fully saturated rings. The minimum absolute atomic E-state index is 0.239. The molecular weight excluding hydrogens is 330 g/mol. The Bertz CT molecular complexity index is 1110. The van der Waals surface area contributed by atoms with Gasteiger partial charge in [-0.3, -0.25) is 13.9 Å². The van der Waals surface area contributed by atoms with E-state index in [0.717, 1.165) is 16.8 Å². The maximum Gasteiger partial charge on any atom is 0.332 e. The van der Waals surface area contributed by atoms with Crippen LogP contribution in [-0.2, 0) is 31.4 Å². The molecule has 0 spiro atoms. The molecule has 0 bridgehead atoms. The molecule has 6 heteroatoms. The van der Waals surface area contributed by atoms with Crippen molar-refractivity contribution in [2.75, 3.05) is 0 Å². The molecular formula is C20H21N3O3. The monoisotopic (exact) mass is 351 g/mol. The van der Waals surface area contributed by atoms with Crippen molar-refractivity contribution < 1.29 is 4.74 Å². The molecule has 1 aliphatic rings. The predicted molar refractivity (Wildman–Crippen MR) is 99.4 cm³/mol. The Hall–Kier alpha value is -2.73. The topological polar surface area (TPSA) is 66.1 Å². The molecule has 26 heavy (non-hydrogen) atoms. The highest BCUT2D eigenvalue weighted by Gasteiger charge is 2.28. The van der Waals surface area contributed by atoms with Gasteiger partial charge in [0.1, 0.15) is 5.65 Å². The lowest BCUT2D eigenvalue weighted by atomic mass is 9.95. The maximum atomic E-state index is 13.0. The van der Waals surface area contributed by atoms with E-state index in [0.29, 0.717) is 24.1 Å². The molecule has 0 saturated heterocycles. The fourth-order valence-corrected chi connectivity index (χ4v) is 3.41. The predicted octanol–water partition coefficient (Wildman–Crippen LogP) is 1.99. The molecule has 6 nitrogen and oxygen atoms in total. The average molecular weight is 351 g/mol. The quantitative estimate of drug-likeness (QED) is 0.708. The van der Waals surface area contributed by atoms with Crippen LogP contribution in [0.15, 0.2) is 46.0 Å². The summed E-state index contributed by atoms with van der Waals surface area (Å²) in [6.45, 7) is 4.69. The van der Waals surface area contributed by atoms with Gasteiger partial charge in [-0.05, 0) is 25.5 Å². The first kappa shape index (κ1) is 16.7. The van der Waals surface area contributed by atoms with Crippen LogP contribution in [0.2, 0.25) is 0 Å². The van der Waals surface area contributed by atoms with Crippen LogP contribution in [0.25, 0.3) is 11.0 Å². The third-order valence-electron chi connectivity index (χ3n) is 4.88. The molecule has 0 saturated carbocycles. The van der Waals surface area contributed by atoms with E-state index in [9.17, 15) is 9.59 Å². The van der Waals surface area contributed by atoms with Gasteiger partial charge >= 0.3 is 5.69 Å². The Morgan fingerprint density at radius 2 is 1.92 bits per heavy atom. The van der Waals surface area contributed by atoms with Gasteiger partial charge in [-0.1, -0.05) is 30.3 Å². The summed E-state index contributed by atoms with van der Waals surface area (Å²) < 4.78 is 8.57. The molecule has 4 rings (SSSR count). The van der Waals surface area contributed by atoms with Gasteiger partial charge in [0.15, 0.2) is 0 Å². The number of aryl methyl sites for hydroxylation is 1. The van der Waals surface area contributed by atoms with E-state index in [2.05, 4.69) is 4.98 Å². The lowest BCUT2D eigenvalue weighted by Gasteiger charge is -2.31. The fourth-order valence-electron chi connectivity index (χ4n) is 3.41. The van der Waals surface area contributed by atoms with Crippen LogP contribution >= 0.6 is 0 Å². The number of hydrogen-bond acceptors (Lipinski definition) is 4. The minimum atomic E-state index is -0.356. The van der Waals surface area contributed by atoms with E-state index in [-0.39, 0.29) is 23.4 Å². The summed E-state index contributed by atoms with van der Waals surface area (Å²) in [6.07, 6.45) is 0.652. The van der Waals surface area contributed by atoms with Crippen LogP contribution in [0.4, 0.5) is 0 Å². The van der Waals surface area contributed by atoms with E-state index in [4.69, 9.17) is 4.74 Å². The highest BCUT2D eigenvalue weighted by Crippen LogP contribution is 2.27. The van der Waals surface area contributed by atoms with Crippen molar-refractivity contribution in [2.45, 2.75) is 39.0 Å². The van der Waals surface area contributed by atoms with Gasteiger partial charge < -0.3 is 4.74 Å². The summed E-state index contributed by atoms with van der Waals surface area (Å²) in [5.74, 6) is 0. The van der Waals surface area contributed by atoms with E-state index in [1.54, 1.807) is 7.05 Å². The number of nitrogens with zero attached hydrogens (tertiary/aromatic N) is 3. The highest BCUT2D eigenvalue weighted by molar-refractivity contribution is 5.75. The Morgan fingerprint density at radius 3 is 2.65 bits per heavy atom. The molecule has 0 radical (unpaired) electrons. The zero-order valence-electron chi connectivity index (χ0n) is 15.2.